The van der Waals surface area contributed by atoms with Crippen LogP contribution in [-0.4, -0.2) is 24.4 Å². The van der Waals surface area contributed by atoms with Crippen molar-refractivity contribution in [2.45, 2.75) is 25.3 Å². The molecule has 22 heavy (non-hydrogen) atoms. The average Bonchev–Trinajstić information content (AvgIpc) is 2.68. The van der Waals surface area contributed by atoms with Crippen LogP contribution in [0.5, 0.6) is 0 Å². The summed E-state index contributed by atoms with van der Waals surface area (Å²) in [6, 6.07) is 16.7. The first-order valence-corrected chi connectivity index (χ1v) is 7.82. The maximum atomic E-state index is 11.5. The van der Waals surface area contributed by atoms with Crippen LogP contribution in [0.25, 0.3) is 0 Å². The molecule has 3 nitrogen and oxygen atoms in total. The lowest BCUT2D eigenvalue weighted by molar-refractivity contribution is 0.1000. The van der Waals surface area contributed by atoms with Crippen molar-refractivity contribution in [3.8, 4) is 0 Å². The summed E-state index contributed by atoms with van der Waals surface area (Å²) in [6.45, 7) is 1.07. The number of likely N-dealkylation sites (N-methyl/N-ethyl adjacent to an activating group) is 1. The Bertz CT molecular complexity index is 666. The lowest BCUT2D eigenvalue weighted by Crippen LogP contribution is -2.26. The van der Waals surface area contributed by atoms with E-state index in [1.54, 1.807) is 0 Å². The average molecular weight is 294 g/mol. The van der Waals surface area contributed by atoms with Crippen LogP contribution in [0.1, 0.15) is 39.5 Å². The Labute approximate surface area is 131 Å². The van der Waals surface area contributed by atoms with Crippen molar-refractivity contribution in [3.63, 3.8) is 0 Å². The van der Waals surface area contributed by atoms with Crippen LogP contribution in [0.2, 0.25) is 0 Å². The number of aryl methyl sites for hydroxylation is 1. The molecule has 2 aromatic rings. The smallest absolute Gasteiger partial charge is 0.248 e. The van der Waals surface area contributed by atoms with E-state index in [-0.39, 0.29) is 5.91 Å². The Hall–Kier alpha value is -2.13. The fourth-order valence-electron chi connectivity index (χ4n) is 3.30. The molecule has 3 rings (SSSR count). The van der Waals surface area contributed by atoms with Crippen LogP contribution in [0.15, 0.2) is 48.5 Å². The number of primary amides is 1. The van der Waals surface area contributed by atoms with Gasteiger partial charge in [0.2, 0.25) is 5.91 Å². The summed E-state index contributed by atoms with van der Waals surface area (Å²) < 4.78 is 0. The molecule has 1 amide bonds. The molecule has 0 aromatic heterocycles. The highest BCUT2D eigenvalue weighted by Crippen LogP contribution is 2.31. The van der Waals surface area contributed by atoms with Crippen molar-refractivity contribution in [2.75, 3.05) is 13.6 Å². The van der Waals surface area contributed by atoms with E-state index in [1.165, 1.54) is 16.7 Å². The van der Waals surface area contributed by atoms with E-state index in [0.29, 0.717) is 11.6 Å². The lowest BCUT2D eigenvalue weighted by Gasteiger charge is -2.28. The predicted molar refractivity (Wildman–Crippen MR) is 88.8 cm³/mol. The first-order valence-electron chi connectivity index (χ1n) is 7.82. The standard InChI is InChI=1S/C19H22N2O/c1-21-11-5-8-15-9-10-16(19(20)22)13-17(15)18(21)12-14-6-3-2-4-7-14/h2-4,6-7,9-10,13,18H,5,8,11-12H2,1H3,(H2,20,22). The summed E-state index contributed by atoms with van der Waals surface area (Å²) in [7, 11) is 2.17. The van der Waals surface area contributed by atoms with Gasteiger partial charge in [0, 0.05) is 11.6 Å². The molecule has 0 saturated carbocycles. The number of carbonyl (C=O) groups excluding carboxylic acids is 1. The molecule has 1 unspecified atom stereocenters. The third-order valence-corrected chi connectivity index (χ3v) is 4.55. The molecular formula is C19H22N2O. The van der Waals surface area contributed by atoms with Crippen LogP contribution < -0.4 is 5.73 Å². The summed E-state index contributed by atoms with van der Waals surface area (Å²) in [4.78, 5) is 13.9. The monoisotopic (exact) mass is 294 g/mol. The molecule has 0 radical (unpaired) electrons. The summed E-state index contributed by atoms with van der Waals surface area (Å²) in [5.74, 6) is -0.354. The molecule has 3 heteroatoms. The van der Waals surface area contributed by atoms with Crippen LogP contribution in [-0.2, 0) is 12.8 Å². The van der Waals surface area contributed by atoms with Crippen molar-refractivity contribution in [3.05, 3.63) is 70.8 Å². The molecule has 0 fully saturated rings. The van der Waals surface area contributed by atoms with Gasteiger partial charge < -0.3 is 5.73 Å². The molecule has 2 aromatic carbocycles. The van der Waals surface area contributed by atoms with Crippen LogP contribution in [0, 0.1) is 0 Å². The highest BCUT2D eigenvalue weighted by atomic mass is 16.1. The van der Waals surface area contributed by atoms with Gasteiger partial charge in [0.1, 0.15) is 0 Å². The van der Waals surface area contributed by atoms with Gasteiger partial charge in [-0.25, -0.2) is 0 Å². The molecule has 1 atom stereocenters. The van der Waals surface area contributed by atoms with Crippen molar-refractivity contribution < 1.29 is 4.79 Å². The number of fused-ring (bicyclic) bond motifs is 1. The SMILES string of the molecule is CN1CCCc2ccc(C(N)=O)cc2C1Cc1ccccc1. The van der Waals surface area contributed by atoms with Gasteiger partial charge in [0.15, 0.2) is 0 Å². The van der Waals surface area contributed by atoms with Gasteiger partial charge in [0.25, 0.3) is 0 Å². The Balaban J connectivity index is 2.00. The molecule has 1 aliphatic heterocycles. The topological polar surface area (TPSA) is 46.3 Å². The van der Waals surface area contributed by atoms with E-state index in [2.05, 4.69) is 42.3 Å². The zero-order valence-corrected chi connectivity index (χ0v) is 13.0. The third kappa shape index (κ3) is 3.04. The lowest BCUT2D eigenvalue weighted by atomic mass is 9.92. The van der Waals surface area contributed by atoms with E-state index in [9.17, 15) is 4.79 Å². The number of rotatable bonds is 3. The van der Waals surface area contributed by atoms with Crippen LogP contribution >= 0.6 is 0 Å². The molecule has 0 saturated heterocycles. The van der Waals surface area contributed by atoms with Crippen molar-refractivity contribution >= 4 is 5.91 Å². The summed E-state index contributed by atoms with van der Waals surface area (Å²) >= 11 is 0. The molecule has 1 aliphatic rings. The fraction of sp³-hybridized carbons (Fsp3) is 0.316. The zero-order chi connectivity index (χ0) is 15.5. The second kappa shape index (κ2) is 6.32. The van der Waals surface area contributed by atoms with Crippen LogP contribution in [0.4, 0.5) is 0 Å². The molecule has 0 aliphatic carbocycles. The molecule has 1 heterocycles. The Kier molecular flexibility index (Phi) is 4.25. The summed E-state index contributed by atoms with van der Waals surface area (Å²) in [6.07, 6.45) is 3.15. The van der Waals surface area contributed by atoms with Gasteiger partial charge in [0.05, 0.1) is 0 Å². The van der Waals surface area contributed by atoms with Gasteiger partial charge in [-0.2, -0.15) is 0 Å². The normalized spacial score (nSPS) is 18.5. The van der Waals surface area contributed by atoms with E-state index in [0.717, 1.165) is 25.8 Å². The van der Waals surface area contributed by atoms with Gasteiger partial charge in [-0.15, -0.1) is 0 Å². The van der Waals surface area contributed by atoms with Gasteiger partial charge in [-0.1, -0.05) is 36.4 Å². The summed E-state index contributed by atoms with van der Waals surface area (Å²) in [5.41, 5.74) is 9.98. The first-order chi connectivity index (χ1) is 10.6. The summed E-state index contributed by atoms with van der Waals surface area (Å²) in [5, 5.41) is 0. The minimum absolute atomic E-state index is 0.291. The minimum Gasteiger partial charge on any atom is -0.366 e. The molecule has 114 valence electrons. The largest absolute Gasteiger partial charge is 0.366 e. The van der Waals surface area contributed by atoms with E-state index < -0.39 is 0 Å². The van der Waals surface area contributed by atoms with Gasteiger partial charge in [-0.3, -0.25) is 9.69 Å². The Morgan fingerprint density at radius 1 is 1.23 bits per heavy atom. The van der Waals surface area contributed by atoms with Gasteiger partial charge in [-0.05, 0) is 61.7 Å². The number of nitrogens with two attached hydrogens (primary N) is 1. The first kappa shape index (κ1) is 14.8. The number of hydrogen-bond acceptors (Lipinski definition) is 2. The molecular weight excluding hydrogens is 272 g/mol. The number of carbonyl (C=O) groups is 1. The second-order valence-electron chi connectivity index (χ2n) is 6.07. The minimum atomic E-state index is -0.354. The van der Waals surface area contributed by atoms with Crippen molar-refractivity contribution in [2.24, 2.45) is 5.73 Å². The van der Waals surface area contributed by atoms with E-state index >= 15 is 0 Å². The molecule has 0 spiro atoms. The third-order valence-electron chi connectivity index (χ3n) is 4.55. The van der Waals surface area contributed by atoms with Crippen molar-refractivity contribution in [1.82, 2.24) is 4.90 Å². The fourth-order valence-corrected chi connectivity index (χ4v) is 3.30. The van der Waals surface area contributed by atoms with E-state index in [1.807, 2.05) is 18.2 Å². The quantitative estimate of drug-likeness (QED) is 0.946. The molecule has 2 N–H and O–H groups in total. The van der Waals surface area contributed by atoms with Gasteiger partial charge >= 0.3 is 0 Å². The number of amides is 1. The van der Waals surface area contributed by atoms with Crippen LogP contribution in [0.3, 0.4) is 0 Å². The number of benzene rings is 2. The maximum Gasteiger partial charge on any atom is 0.248 e. The highest BCUT2D eigenvalue weighted by Gasteiger charge is 2.24. The zero-order valence-electron chi connectivity index (χ0n) is 13.0. The van der Waals surface area contributed by atoms with Crippen molar-refractivity contribution in [1.29, 1.82) is 0 Å². The highest BCUT2D eigenvalue weighted by molar-refractivity contribution is 5.93. The Morgan fingerprint density at radius 2 is 2.00 bits per heavy atom. The second-order valence-corrected chi connectivity index (χ2v) is 6.07. The van der Waals surface area contributed by atoms with E-state index in [4.69, 9.17) is 5.73 Å². The maximum absolute atomic E-state index is 11.5. The number of hydrogen-bond donors (Lipinski definition) is 1. The molecule has 0 bridgehead atoms. The predicted octanol–water partition coefficient (Wildman–Crippen LogP) is 2.95. The number of nitrogens with zero attached hydrogens (tertiary/aromatic N) is 1. The Morgan fingerprint density at radius 3 is 2.73 bits per heavy atom.